The molecule has 0 spiro atoms. The minimum absolute atomic E-state index is 0.00588. The molecular formula is C24H23N7O2S. The van der Waals surface area contributed by atoms with E-state index in [0.29, 0.717) is 36.9 Å². The summed E-state index contributed by atoms with van der Waals surface area (Å²) in [5, 5.41) is 12.6. The SMILES string of the molecule is N#Cc1cc(C(=O)Nc2ccccc2)c(N)nc1SCC(=O)N1CCN(c2ccccn2)CC1. The van der Waals surface area contributed by atoms with E-state index in [2.05, 4.69) is 26.3 Å². The number of piperazine rings is 1. The molecule has 4 rings (SSSR count). The number of anilines is 3. The zero-order valence-corrected chi connectivity index (χ0v) is 19.2. The van der Waals surface area contributed by atoms with Crippen LogP contribution in [0, 0.1) is 11.3 Å². The average molecular weight is 474 g/mol. The fourth-order valence-corrected chi connectivity index (χ4v) is 4.41. The molecule has 0 bridgehead atoms. The zero-order valence-electron chi connectivity index (χ0n) is 18.3. The van der Waals surface area contributed by atoms with Gasteiger partial charge < -0.3 is 20.9 Å². The highest BCUT2D eigenvalue weighted by Gasteiger charge is 2.23. The van der Waals surface area contributed by atoms with Gasteiger partial charge in [-0.2, -0.15) is 5.26 Å². The van der Waals surface area contributed by atoms with E-state index in [1.54, 1.807) is 35.4 Å². The van der Waals surface area contributed by atoms with Gasteiger partial charge >= 0.3 is 0 Å². The molecule has 1 fully saturated rings. The topological polar surface area (TPSA) is 128 Å². The highest BCUT2D eigenvalue weighted by Crippen LogP contribution is 2.25. The number of nitrogens with one attached hydrogen (secondary N) is 1. The van der Waals surface area contributed by atoms with Gasteiger partial charge in [0, 0.05) is 38.1 Å². The zero-order chi connectivity index (χ0) is 23.9. The summed E-state index contributed by atoms with van der Waals surface area (Å²) in [6.45, 7) is 2.59. The summed E-state index contributed by atoms with van der Waals surface area (Å²) in [4.78, 5) is 37.9. The first-order valence-corrected chi connectivity index (χ1v) is 11.7. The summed E-state index contributed by atoms with van der Waals surface area (Å²) >= 11 is 1.15. The molecule has 172 valence electrons. The summed E-state index contributed by atoms with van der Waals surface area (Å²) in [5.41, 5.74) is 6.94. The molecule has 2 amide bonds. The highest BCUT2D eigenvalue weighted by atomic mass is 32.2. The van der Waals surface area contributed by atoms with Crippen LogP contribution in [0.1, 0.15) is 15.9 Å². The first-order valence-electron chi connectivity index (χ1n) is 10.7. The molecule has 1 aromatic carbocycles. The van der Waals surface area contributed by atoms with E-state index in [4.69, 9.17) is 5.73 Å². The maximum absolute atomic E-state index is 12.7. The Morgan fingerprint density at radius 3 is 2.50 bits per heavy atom. The fourth-order valence-electron chi connectivity index (χ4n) is 3.55. The Bertz CT molecular complexity index is 1210. The second kappa shape index (κ2) is 10.7. The van der Waals surface area contributed by atoms with Gasteiger partial charge in [-0.3, -0.25) is 9.59 Å². The normalized spacial score (nSPS) is 13.3. The van der Waals surface area contributed by atoms with E-state index >= 15 is 0 Å². The van der Waals surface area contributed by atoms with Gasteiger partial charge in [0.1, 0.15) is 22.7 Å². The number of nitrogens with two attached hydrogens (primary N) is 1. The Hall–Kier alpha value is -4.10. The van der Waals surface area contributed by atoms with Gasteiger partial charge in [-0.05, 0) is 30.3 Å². The summed E-state index contributed by atoms with van der Waals surface area (Å²) < 4.78 is 0. The largest absolute Gasteiger partial charge is 0.383 e. The molecule has 1 saturated heterocycles. The number of aromatic nitrogens is 2. The van der Waals surface area contributed by atoms with Crippen LogP contribution in [0.5, 0.6) is 0 Å². The second-order valence-corrected chi connectivity index (χ2v) is 8.51. The summed E-state index contributed by atoms with van der Waals surface area (Å²) in [5.74, 6) is 0.539. The van der Waals surface area contributed by atoms with E-state index in [0.717, 1.165) is 17.6 Å². The van der Waals surface area contributed by atoms with Crippen molar-refractivity contribution in [3.8, 4) is 6.07 Å². The Labute approximate surface area is 201 Å². The number of para-hydroxylation sites is 1. The summed E-state index contributed by atoms with van der Waals surface area (Å²) in [7, 11) is 0. The molecule has 34 heavy (non-hydrogen) atoms. The summed E-state index contributed by atoms with van der Waals surface area (Å²) in [6.07, 6.45) is 1.76. The number of nitrogens with zero attached hydrogens (tertiary/aromatic N) is 5. The monoisotopic (exact) mass is 473 g/mol. The van der Waals surface area contributed by atoms with Crippen molar-refractivity contribution < 1.29 is 9.59 Å². The maximum atomic E-state index is 12.7. The fraction of sp³-hybridized carbons (Fsp3) is 0.208. The Balaban J connectivity index is 1.36. The third-order valence-corrected chi connectivity index (χ3v) is 6.33. The minimum atomic E-state index is -0.453. The Morgan fingerprint density at radius 2 is 1.82 bits per heavy atom. The molecule has 3 heterocycles. The van der Waals surface area contributed by atoms with E-state index in [1.165, 1.54) is 6.07 Å². The molecular weight excluding hydrogens is 450 g/mol. The molecule has 0 atom stereocenters. The molecule has 3 N–H and O–H groups in total. The lowest BCUT2D eigenvalue weighted by Crippen LogP contribution is -2.49. The molecule has 3 aromatic rings. The van der Waals surface area contributed by atoms with Crippen LogP contribution in [0.25, 0.3) is 0 Å². The number of rotatable bonds is 6. The van der Waals surface area contributed by atoms with Crippen LogP contribution < -0.4 is 16.0 Å². The van der Waals surface area contributed by atoms with Crippen LogP contribution >= 0.6 is 11.8 Å². The van der Waals surface area contributed by atoms with Crippen LogP contribution in [0.4, 0.5) is 17.3 Å². The average Bonchev–Trinajstić information content (AvgIpc) is 2.88. The van der Waals surface area contributed by atoms with Crippen molar-refractivity contribution in [2.75, 3.05) is 47.9 Å². The standard InChI is InChI=1S/C24H23N7O2S/c25-15-17-14-19(23(33)28-18-6-2-1-3-7-18)22(26)29-24(17)34-16-21(32)31-12-10-30(11-13-31)20-8-4-5-9-27-20/h1-9,14H,10-13,16H2,(H2,26,29)(H,28,33). The van der Waals surface area contributed by atoms with Gasteiger partial charge in [0.15, 0.2) is 0 Å². The molecule has 10 heteroatoms. The van der Waals surface area contributed by atoms with Gasteiger partial charge in [0.25, 0.3) is 5.91 Å². The van der Waals surface area contributed by atoms with Gasteiger partial charge in [-0.15, -0.1) is 0 Å². The van der Waals surface area contributed by atoms with Crippen LogP contribution in [0.15, 0.2) is 65.8 Å². The predicted molar refractivity (Wildman–Crippen MR) is 132 cm³/mol. The van der Waals surface area contributed by atoms with Gasteiger partial charge in [-0.1, -0.05) is 36.0 Å². The molecule has 0 unspecified atom stereocenters. The third kappa shape index (κ3) is 5.44. The van der Waals surface area contributed by atoms with Crippen molar-refractivity contribution in [2.45, 2.75) is 5.03 Å². The van der Waals surface area contributed by atoms with Crippen molar-refractivity contribution in [2.24, 2.45) is 0 Å². The van der Waals surface area contributed by atoms with Gasteiger partial charge in [-0.25, -0.2) is 9.97 Å². The third-order valence-electron chi connectivity index (χ3n) is 5.35. The highest BCUT2D eigenvalue weighted by molar-refractivity contribution is 8.00. The number of hydrogen-bond acceptors (Lipinski definition) is 8. The first-order chi connectivity index (χ1) is 16.5. The molecule has 1 aliphatic heterocycles. The quantitative estimate of drug-likeness (QED) is 0.523. The molecule has 0 aliphatic carbocycles. The number of nitriles is 1. The van der Waals surface area contributed by atoms with Crippen molar-refractivity contribution >= 4 is 40.9 Å². The van der Waals surface area contributed by atoms with Crippen molar-refractivity contribution in [1.29, 1.82) is 5.26 Å². The number of amides is 2. The number of benzene rings is 1. The molecule has 0 saturated carbocycles. The number of carbonyl (C=O) groups is 2. The first kappa shape index (κ1) is 23.1. The van der Waals surface area contributed by atoms with Gasteiger partial charge in [0.2, 0.25) is 5.91 Å². The van der Waals surface area contributed by atoms with E-state index in [1.807, 2.05) is 24.3 Å². The number of pyridine rings is 2. The lowest BCUT2D eigenvalue weighted by molar-refractivity contribution is -0.128. The van der Waals surface area contributed by atoms with Crippen molar-refractivity contribution in [1.82, 2.24) is 14.9 Å². The van der Waals surface area contributed by atoms with Crippen LogP contribution in [-0.4, -0.2) is 58.6 Å². The predicted octanol–water partition coefficient (Wildman–Crippen LogP) is 2.62. The van der Waals surface area contributed by atoms with Gasteiger partial charge in [0.05, 0.1) is 16.9 Å². The van der Waals surface area contributed by atoms with Crippen molar-refractivity contribution in [3.63, 3.8) is 0 Å². The number of carbonyl (C=O) groups excluding carboxylic acids is 2. The number of nitrogen functional groups attached to an aromatic ring is 1. The smallest absolute Gasteiger partial charge is 0.259 e. The second-order valence-electron chi connectivity index (χ2n) is 7.55. The molecule has 1 aliphatic rings. The molecule has 9 nitrogen and oxygen atoms in total. The van der Waals surface area contributed by atoms with Crippen LogP contribution in [0.3, 0.4) is 0 Å². The molecule has 2 aromatic heterocycles. The summed E-state index contributed by atoms with van der Waals surface area (Å²) in [6, 6.07) is 18.2. The maximum Gasteiger partial charge on any atom is 0.259 e. The van der Waals surface area contributed by atoms with Crippen molar-refractivity contribution in [3.05, 3.63) is 71.9 Å². The van der Waals surface area contributed by atoms with Crippen LogP contribution in [-0.2, 0) is 4.79 Å². The van der Waals surface area contributed by atoms with E-state index in [9.17, 15) is 14.9 Å². The van der Waals surface area contributed by atoms with E-state index < -0.39 is 5.91 Å². The lowest BCUT2D eigenvalue weighted by atomic mass is 10.2. The Kier molecular flexibility index (Phi) is 7.25. The Morgan fingerprint density at radius 1 is 1.09 bits per heavy atom. The minimum Gasteiger partial charge on any atom is -0.383 e. The number of hydrogen-bond donors (Lipinski definition) is 2. The van der Waals surface area contributed by atoms with Crippen LogP contribution in [0.2, 0.25) is 0 Å². The lowest BCUT2D eigenvalue weighted by Gasteiger charge is -2.35. The number of thioether (sulfide) groups is 1. The van der Waals surface area contributed by atoms with E-state index in [-0.39, 0.29) is 28.6 Å². The molecule has 0 radical (unpaired) electrons.